The van der Waals surface area contributed by atoms with E-state index in [4.69, 9.17) is 21.5 Å². The number of ketones is 1. The zero-order chi connectivity index (χ0) is 23.5. The number of carbonyl (C=O) groups excluding carboxylic acids is 2. The molecule has 0 saturated carbocycles. The van der Waals surface area contributed by atoms with Crippen molar-refractivity contribution >= 4 is 39.0 Å². The van der Waals surface area contributed by atoms with Gasteiger partial charge >= 0.3 is 0 Å². The number of rotatable bonds is 7. The van der Waals surface area contributed by atoms with Gasteiger partial charge in [0.1, 0.15) is 11.6 Å². The maximum Gasteiger partial charge on any atom is 0.262 e. The zero-order valence-corrected chi connectivity index (χ0v) is 18.3. The number of halogens is 2. The van der Waals surface area contributed by atoms with Crippen LogP contribution in [0.5, 0.6) is 5.75 Å². The highest BCUT2D eigenvalue weighted by Gasteiger charge is 2.17. The molecule has 3 aromatic rings. The number of para-hydroxylation sites is 1. The number of sulfonamides is 1. The third-order valence-electron chi connectivity index (χ3n) is 4.47. The van der Waals surface area contributed by atoms with Gasteiger partial charge in [-0.1, -0.05) is 23.7 Å². The Balaban J connectivity index is 1.72. The van der Waals surface area contributed by atoms with E-state index in [2.05, 4.69) is 5.32 Å². The second kappa shape index (κ2) is 9.47. The standard InChI is InChI=1S/C22H18ClFN2O5S/c1-13-10-15(32(25,29)30)7-9-19(13)26-21(27)12-31-20-5-3-2-4-16(20)22(28)14-6-8-17(23)18(24)11-14/h2-11H,12H2,1H3,(H,26,27)(H2,25,29,30). The highest BCUT2D eigenvalue weighted by Crippen LogP contribution is 2.24. The van der Waals surface area contributed by atoms with E-state index < -0.39 is 34.1 Å². The fraction of sp³-hybridized carbons (Fsp3) is 0.0909. The monoisotopic (exact) mass is 476 g/mol. The molecule has 0 atom stereocenters. The predicted octanol–water partition coefficient (Wildman–Crippen LogP) is 3.68. The van der Waals surface area contributed by atoms with Crippen LogP contribution in [0.3, 0.4) is 0 Å². The van der Waals surface area contributed by atoms with Gasteiger partial charge in [0.2, 0.25) is 10.0 Å². The van der Waals surface area contributed by atoms with Crippen LogP contribution in [0, 0.1) is 12.7 Å². The quantitative estimate of drug-likeness (QED) is 0.504. The molecule has 0 heterocycles. The maximum atomic E-state index is 13.7. The number of hydrogen-bond acceptors (Lipinski definition) is 5. The Morgan fingerprint density at radius 3 is 2.47 bits per heavy atom. The number of nitrogens with one attached hydrogen (secondary N) is 1. The summed E-state index contributed by atoms with van der Waals surface area (Å²) in [4.78, 5) is 25.0. The smallest absolute Gasteiger partial charge is 0.262 e. The van der Waals surface area contributed by atoms with Crippen molar-refractivity contribution < 1.29 is 27.1 Å². The van der Waals surface area contributed by atoms with Gasteiger partial charge in [-0.15, -0.1) is 0 Å². The van der Waals surface area contributed by atoms with E-state index >= 15 is 0 Å². The minimum absolute atomic E-state index is 0.0738. The second-order valence-electron chi connectivity index (χ2n) is 6.81. The Bertz CT molecular complexity index is 1310. The van der Waals surface area contributed by atoms with Crippen LogP contribution in [-0.2, 0) is 14.8 Å². The molecule has 0 aliphatic carbocycles. The summed E-state index contributed by atoms with van der Waals surface area (Å²) >= 11 is 5.66. The maximum absolute atomic E-state index is 13.7. The fourth-order valence-electron chi connectivity index (χ4n) is 2.86. The first kappa shape index (κ1) is 23.4. The largest absolute Gasteiger partial charge is 0.483 e. The molecular formula is C22H18ClFN2O5S. The molecule has 32 heavy (non-hydrogen) atoms. The summed E-state index contributed by atoms with van der Waals surface area (Å²) in [5.74, 6) is -1.61. The number of carbonyl (C=O) groups is 2. The van der Waals surface area contributed by atoms with E-state index in [1.54, 1.807) is 19.1 Å². The van der Waals surface area contributed by atoms with Crippen LogP contribution in [0.2, 0.25) is 5.02 Å². The van der Waals surface area contributed by atoms with E-state index in [9.17, 15) is 22.4 Å². The molecule has 7 nitrogen and oxygen atoms in total. The Hall–Kier alpha value is -3.27. The first-order chi connectivity index (χ1) is 15.1. The third kappa shape index (κ3) is 5.50. The topological polar surface area (TPSA) is 116 Å². The van der Waals surface area contributed by atoms with E-state index in [-0.39, 0.29) is 26.8 Å². The van der Waals surface area contributed by atoms with Crippen molar-refractivity contribution in [1.82, 2.24) is 0 Å². The van der Waals surface area contributed by atoms with Crippen molar-refractivity contribution in [3.05, 3.63) is 88.2 Å². The van der Waals surface area contributed by atoms with Gasteiger partial charge in [-0.25, -0.2) is 17.9 Å². The van der Waals surface area contributed by atoms with Gasteiger partial charge in [-0.3, -0.25) is 9.59 Å². The van der Waals surface area contributed by atoms with Crippen LogP contribution in [0.1, 0.15) is 21.5 Å². The van der Waals surface area contributed by atoms with E-state index in [0.29, 0.717) is 11.3 Å². The molecule has 166 valence electrons. The van der Waals surface area contributed by atoms with Crippen LogP contribution >= 0.6 is 11.6 Å². The van der Waals surface area contributed by atoms with E-state index in [1.165, 1.54) is 42.5 Å². The van der Waals surface area contributed by atoms with Gasteiger partial charge < -0.3 is 10.1 Å². The van der Waals surface area contributed by atoms with Crippen molar-refractivity contribution in [2.75, 3.05) is 11.9 Å². The minimum atomic E-state index is -3.86. The van der Waals surface area contributed by atoms with Crippen LogP contribution in [0.4, 0.5) is 10.1 Å². The van der Waals surface area contributed by atoms with Gasteiger partial charge in [-0.2, -0.15) is 0 Å². The zero-order valence-electron chi connectivity index (χ0n) is 16.8. The van der Waals surface area contributed by atoms with E-state index in [0.717, 1.165) is 6.07 Å². The molecule has 3 rings (SSSR count). The second-order valence-corrected chi connectivity index (χ2v) is 8.78. The predicted molar refractivity (Wildman–Crippen MR) is 118 cm³/mol. The van der Waals surface area contributed by atoms with Gasteiger partial charge in [-0.05, 0) is 61.0 Å². The molecule has 0 spiro atoms. The Morgan fingerprint density at radius 2 is 1.81 bits per heavy atom. The summed E-state index contributed by atoms with van der Waals surface area (Å²) in [6.45, 7) is 1.19. The van der Waals surface area contributed by atoms with Crippen molar-refractivity contribution in [2.24, 2.45) is 5.14 Å². The number of benzene rings is 3. The highest BCUT2D eigenvalue weighted by molar-refractivity contribution is 7.89. The number of amides is 1. The van der Waals surface area contributed by atoms with Crippen LogP contribution in [0.15, 0.2) is 65.6 Å². The molecule has 10 heteroatoms. The van der Waals surface area contributed by atoms with Crippen molar-refractivity contribution in [1.29, 1.82) is 0 Å². The number of primary sulfonamides is 1. The van der Waals surface area contributed by atoms with Crippen LogP contribution in [-0.4, -0.2) is 26.7 Å². The minimum Gasteiger partial charge on any atom is -0.483 e. The molecule has 0 aliphatic heterocycles. The van der Waals surface area contributed by atoms with Gasteiger partial charge in [0.15, 0.2) is 12.4 Å². The van der Waals surface area contributed by atoms with Gasteiger partial charge in [0.25, 0.3) is 5.91 Å². The molecule has 0 bridgehead atoms. The molecule has 0 saturated heterocycles. The van der Waals surface area contributed by atoms with Crippen molar-refractivity contribution in [3.63, 3.8) is 0 Å². The summed E-state index contributed by atoms with van der Waals surface area (Å²) in [5, 5.41) is 7.60. The van der Waals surface area contributed by atoms with Crippen LogP contribution in [0.25, 0.3) is 0 Å². The normalized spacial score (nSPS) is 11.1. The molecule has 0 unspecified atom stereocenters. The summed E-state index contributed by atoms with van der Waals surface area (Å²) in [7, 11) is -3.86. The summed E-state index contributed by atoms with van der Waals surface area (Å²) < 4.78 is 42.1. The summed E-state index contributed by atoms with van der Waals surface area (Å²) in [6.07, 6.45) is 0. The van der Waals surface area contributed by atoms with E-state index in [1.807, 2.05) is 0 Å². The molecular weight excluding hydrogens is 459 g/mol. The molecule has 0 aromatic heterocycles. The lowest BCUT2D eigenvalue weighted by Gasteiger charge is -2.13. The lowest BCUT2D eigenvalue weighted by atomic mass is 10.0. The number of ether oxygens (including phenoxy) is 1. The summed E-state index contributed by atoms with van der Waals surface area (Å²) in [5.41, 5.74) is 1.10. The third-order valence-corrected chi connectivity index (χ3v) is 5.69. The number of aryl methyl sites for hydroxylation is 1. The average Bonchev–Trinajstić information content (AvgIpc) is 2.74. The van der Waals surface area contributed by atoms with Gasteiger partial charge in [0.05, 0.1) is 15.5 Å². The number of hydrogen-bond donors (Lipinski definition) is 2. The lowest BCUT2D eigenvalue weighted by Crippen LogP contribution is -2.21. The summed E-state index contributed by atoms with van der Waals surface area (Å²) in [6, 6.07) is 14.0. The van der Waals surface area contributed by atoms with Crippen molar-refractivity contribution in [2.45, 2.75) is 11.8 Å². The lowest BCUT2D eigenvalue weighted by molar-refractivity contribution is -0.118. The molecule has 1 amide bonds. The molecule has 3 N–H and O–H groups in total. The SMILES string of the molecule is Cc1cc(S(N)(=O)=O)ccc1NC(=O)COc1ccccc1C(=O)c1ccc(Cl)c(F)c1. The first-order valence-corrected chi connectivity index (χ1v) is 11.1. The Labute approximate surface area is 189 Å². The number of nitrogens with two attached hydrogens (primary N) is 1. The number of anilines is 1. The Kier molecular flexibility index (Phi) is 6.93. The average molecular weight is 477 g/mol. The molecule has 3 aromatic carbocycles. The van der Waals surface area contributed by atoms with Gasteiger partial charge in [0, 0.05) is 11.3 Å². The molecule has 0 fully saturated rings. The van der Waals surface area contributed by atoms with Crippen LogP contribution < -0.4 is 15.2 Å². The molecule has 0 aliphatic rings. The molecule has 0 radical (unpaired) electrons. The first-order valence-electron chi connectivity index (χ1n) is 9.21. The Morgan fingerprint density at radius 1 is 1.09 bits per heavy atom. The highest BCUT2D eigenvalue weighted by atomic mass is 35.5. The van der Waals surface area contributed by atoms with Crippen molar-refractivity contribution in [3.8, 4) is 5.75 Å². The fourth-order valence-corrected chi connectivity index (χ4v) is 3.57.